The number of carbonyl (C=O) groups is 1. The largest absolute Gasteiger partial charge is 0.497 e. The molecular weight excluding hydrogens is 318 g/mol. The van der Waals surface area contributed by atoms with Crippen molar-refractivity contribution in [2.45, 2.75) is 0 Å². The first kappa shape index (κ1) is 16.4. The van der Waals surface area contributed by atoms with Crippen LogP contribution in [0.15, 0.2) is 52.8 Å². The Labute approximate surface area is 137 Å². The molecule has 2 aromatic carbocycles. The number of nitrogens with one attached hydrogen (secondary N) is 2. The maximum Gasteiger partial charge on any atom is 0.255 e. The lowest BCUT2D eigenvalue weighted by molar-refractivity contribution is 0.102. The van der Waals surface area contributed by atoms with E-state index in [1.165, 1.54) is 6.07 Å². The van der Waals surface area contributed by atoms with Crippen LogP contribution >= 0.6 is 11.6 Å². The SMILES string of the molecule is COc1ccc(C(=O)Nc2cc(Cl)ccc2C(=N)N=NN)cc1. The van der Waals surface area contributed by atoms with Crippen molar-refractivity contribution in [2.24, 2.45) is 16.2 Å². The normalized spacial score (nSPS) is 10.5. The number of rotatable bonds is 4. The lowest BCUT2D eigenvalue weighted by Crippen LogP contribution is -2.14. The monoisotopic (exact) mass is 331 g/mol. The van der Waals surface area contributed by atoms with Crippen molar-refractivity contribution >= 4 is 29.0 Å². The average molecular weight is 332 g/mol. The van der Waals surface area contributed by atoms with Crippen LogP contribution in [0.1, 0.15) is 15.9 Å². The Kier molecular flexibility index (Phi) is 5.27. The molecule has 118 valence electrons. The molecule has 0 heterocycles. The van der Waals surface area contributed by atoms with Gasteiger partial charge in [-0.2, -0.15) is 0 Å². The van der Waals surface area contributed by atoms with Crippen LogP contribution in [0.5, 0.6) is 5.75 Å². The first-order chi connectivity index (χ1) is 11.0. The molecule has 0 saturated carbocycles. The minimum Gasteiger partial charge on any atom is -0.497 e. The van der Waals surface area contributed by atoms with Gasteiger partial charge in [-0.25, -0.2) is 0 Å². The van der Waals surface area contributed by atoms with E-state index < -0.39 is 0 Å². The molecule has 2 aromatic rings. The summed E-state index contributed by atoms with van der Waals surface area (Å²) in [6.07, 6.45) is 0. The Balaban J connectivity index is 2.29. The van der Waals surface area contributed by atoms with Crippen molar-refractivity contribution in [1.29, 1.82) is 5.41 Å². The van der Waals surface area contributed by atoms with Crippen molar-refractivity contribution in [1.82, 2.24) is 0 Å². The van der Waals surface area contributed by atoms with E-state index in [9.17, 15) is 4.79 Å². The number of benzene rings is 2. The molecule has 2 rings (SSSR count). The maximum atomic E-state index is 12.3. The molecule has 7 nitrogen and oxygen atoms in total. The van der Waals surface area contributed by atoms with Crippen LogP contribution in [0.2, 0.25) is 5.02 Å². The van der Waals surface area contributed by atoms with Gasteiger partial charge in [0.05, 0.1) is 12.8 Å². The van der Waals surface area contributed by atoms with E-state index in [0.29, 0.717) is 27.6 Å². The third-order valence-electron chi connectivity index (χ3n) is 2.99. The summed E-state index contributed by atoms with van der Waals surface area (Å²) in [6.45, 7) is 0. The molecule has 0 aliphatic heterocycles. The van der Waals surface area contributed by atoms with E-state index in [2.05, 4.69) is 15.7 Å². The third-order valence-corrected chi connectivity index (χ3v) is 3.23. The zero-order valence-corrected chi connectivity index (χ0v) is 13.0. The highest BCUT2D eigenvalue weighted by molar-refractivity contribution is 6.31. The first-order valence-corrected chi connectivity index (χ1v) is 6.87. The van der Waals surface area contributed by atoms with Gasteiger partial charge in [0.15, 0.2) is 5.84 Å². The minimum atomic E-state index is -0.353. The van der Waals surface area contributed by atoms with Crippen LogP contribution in [0.3, 0.4) is 0 Å². The number of nitrogens with two attached hydrogens (primary N) is 1. The Bertz CT molecular complexity index is 759. The highest BCUT2D eigenvalue weighted by Crippen LogP contribution is 2.23. The van der Waals surface area contributed by atoms with Gasteiger partial charge in [0.1, 0.15) is 5.75 Å². The number of amidine groups is 1. The molecule has 0 spiro atoms. The lowest BCUT2D eigenvalue weighted by atomic mass is 10.1. The zero-order chi connectivity index (χ0) is 16.8. The van der Waals surface area contributed by atoms with Gasteiger partial charge in [0, 0.05) is 16.1 Å². The highest BCUT2D eigenvalue weighted by atomic mass is 35.5. The fourth-order valence-electron chi connectivity index (χ4n) is 1.87. The molecule has 4 N–H and O–H groups in total. The lowest BCUT2D eigenvalue weighted by Gasteiger charge is -2.10. The number of hydrogen-bond acceptors (Lipinski definition) is 4. The fourth-order valence-corrected chi connectivity index (χ4v) is 2.05. The van der Waals surface area contributed by atoms with Gasteiger partial charge in [-0.15, -0.1) is 5.11 Å². The topological polar surface area (TPSA) is 113 Å². The van der Waals surface area contributed by atoms with Crippen LogP contribution in [-0.4, -0.2) is 18.9 Å². The molecule has 0 bridgehead atoms. The summed E-state index contributed by atoms with van der Waals surface area (Å²) in [7, 11) is 1.55. The summed E-state index contributed by atoms with van der Waals surface area (Å²) in [6, 6.07) is 11.3. The molecule has 23 heavy (non-hydrogen) atoms. The predicted molar refractivity (Wildman–Crippen MR) is 88.3 cm³/mol. The zero-order valence-electron chi connectivity index (χ0n) is 12.2. The Morgan fingerprint density at radius 2 is 1.96 bits per heavy atom. The maximum absolute atomic E-state index is 12.3. The van der Waals surface area contributed by atoms with Crippen molar-refractivity contribution < 1.29 is 9.53 Å². The minimum absolute atomic E-state index is 0.186. The number of ether oxygens (including phenoxy) is 1. The average Bonchev–Trinajstić information content (AvgIpc) is 2.55. The second-order valence-corrected chi connectivity index (χ2v) is 4.87. The number of hydrogen-bond donors (Lipinski definition) is 3. The van der Waals surface area contributed by atoms with Crippen LogP contribution in [0.25, 0.3) is 0 Å². The van der Waals surface area contributed by atoms with Gasteiger partial charge < -0.3 is 15.9 Å². The molecule has 0 aromatic heterocycles. The van der Waals surface area contributed by atoms with Gasteiger partial charge in [0.2, 0.25) is 0 Å². The van der Waals surface area contributed by atoms with Crippen LogP contribution in [0.4, 0.5) is 5.69 Å². The van der Waals surface area contributed by atoms with Gasteiger partial charge in [0.25, 0.3) is 5.91 Å². The summed E-state index contributed by atoms with van der Waals surface area (Å²) in [4.78, 5) is 12.3. The van der Waals surface area contributed by atoms with E-state index in [4.69, 9.17) is 27.6 Å². The molecule has 8 heteroatoms. The standard InChI is InChI=1S/C15H14ClN5O2/c1-23-11-5-2-9(3-6-11)15(22)19-13-8-10(16)4-7-12(13)14(17)20-21-18/h2-8H,1H3,(H,19,22)(H3,17,18,20). The summed E-state index contributed by atoms with van der Waals surface area (Å²) in [5.74, 6) is 5.07. The number of anilines is 1. The van der Waals surface area contributed by atoms with E-state index in [0.717, 1.165) is 0 Å². The smallest absolute Gasteiger partial charge is 0.255 e. The molecule has 0 fully saturated rings. The number of carbonyl (C=O) groups excluding carboxylic acids is 1. The summed E-state index contributed by atoms with van der Waals surface area (Å²) < 4.78 is 5.05. The van der Waals surface area contributed by atoms with Crippen molar-refractivity contribution in [3.05, 3.63) is 58.6 Å². The number of amides is 1. The molecule has 0 saturated heterocycles. The molecule has 1 amide bonds. The molecular formula is C15H14ClN5O2. The molecule has 0 atom stereocenters. The van der Waals surface area contributed by atoms with Crippen molar-refractivity contribution in [3.8, 4) is 5.75 Å². The Morgan fingerprint density at radius 3 is 2.57 bits per heavy atom. The van der Waals surface area contributed by atoms with E-state index in [1.54, 1.807) is 43.5 Å². The Hall–Kier alpha value is -2.93. The third kappa shape index (κ3) is 4.04. The van der Waals surface area contributed by atoms with Gasteiger partial charge in [-0.05, 0) is 42.5 Å². The number of halogens is 1. The summed E-state index contributed by atoms with van der Waals surface area (Å²) in [5.41, 5.74) is 1.13. The van der Waals surface area contributed by atoms with Crippen LogP contribution in [0, 0.1) is 5.41 Å². The van der Waals surface area contributed by atoms with E-state index in [1.807, 2.05) is 0 Å². The van der Waals surface area contributed by atoms with E-state index in [-0.39, 0.29) is 11.7 Å². The summed E-state index contributed by atoms with van der Waals surface area (Å²) in [5, 5.41) is 17.4. The first-order valence-electron chi connectivity index (χ1n) is 6.50. The van der Waals surface area contributed by atoms with E-state index >= 15 is 0 Å². The second kappa shape index (κ2) is 7.37. The van der Waals surface area contributed by atoms with Gasteiger partial charge in [-0.1, -0.05) is 16.8 Å². The quantitative estimate of drug-likeness (QED) is 0.263. The van der Waals surface area contributed by atoms with Crippen molar-refractivity contribution in [2.75, 3.05) is 12.4 Å². The Morgan fingerprint density at radius 1 is 1.26 bits per heavy atom. The highest BCUT2D eigenvalue weighted by Gasteiger charge is 2.13. The predicted octanol–water partition coefficient (Wildman–Crippen LogP) is 3.25. The molecule has 0 unspecified atom stereocenters. The fraction of sp³-hybridized carbons (Fsp3) is 0.0667. The van der Waals surface area contributed by atoms with Crippen LogP contribution in [-0.2, 0) is 0 Å². The van der Waals surface area contributed by atoms with Gasteiger partial charge >= 0.3 is 0 Å². The number of nitrogens with zero attached hydrogens (tertiary/aromatic N) is 2. The molecule has 0 aliphatic rings. The molecule has 0 radical (unpaired) electrons. The van der Waals surface area contributed by atoms with Crippen molar-refractivity contribution in [3.63, 3.8) is 0 Å². The summed E-state index contributed by atoms with van der Waals surface area (Å²) >= 11 is 5.95. The second-order valence-electron chi connectivity index (χ2n) is 4.44. The van der Waals surface area contributed by atoms with Gasteiger partial charge in [-0.3, -0.25) is 10.2 Å². The number of methoxy groups -OCH3 is 1. The van der Waals surface area contributed by atoms with Crippen LogP contribution < -0.4 is 15.9 Å². The molecule has 0 aliphatic carbocycles.